The summed E-state index contributed by atoms with van der Waals surface area (Å²) in [5.41, 5.74) is 22.1. The number of aromatic nitrogens is 2. The Morgan fingerprint density at radius 3 is 1.54 bits per heavy atom. The van der Waals surface area contributed by atoms with Gasteiger partial charge >= 0.3 is 0 Å². The van der Waals surface area contributed by atoms with Gasteiger partial charge in [-0.3, -0.25) is 19.6 Å². The van der Waals surface area contributed by atoms with Crippen molar-refractivity contribution in [3.8, 4) is 0 Å². The average molecular weight is 600 g/mol. The van der Waals surface area contributed by atoms with Gasteiger partial charge in [0, 0.05) is 46.6 Å². The monoisotopic (exact) mass is 598 g/mol. The molecule has 0 aliphatic carbocycles. The van der Waals surface area contributed by atoms with E-state index in [1.54, 1.807) is 53.4 Å². The lowest BCUT2D eigenvalue weighted by molar-refractivity contribution is -0.141. The van der Waals surface area contributed by atoms with E-state index >= 15 is 0 Å². The second-order valence-corrected chi connectivity index (χ2v) is 10.3. The van der Waals surface area contributed by atoms with E-state index in [1.165, 1.54) is 0 Å². The summed E-state index contributed by atoms with van der Waals surface area (Å²) in [7, 11) is 0. The summed E-state index contributed by atoms with van der Waals surface area (Å²) in [6.45, 7) is 8.94. The second kappa shape index (κ2) is 13.8. The molecule has 41 heavy (non-hydrogen) atoms. The molecular formula is C31H40Cl2N6O2. The molecule has 2 aromatic heterocycles. The SMILES string of the molecule is CCCCN(CCCC)C(=O)C(C(N)=O)(c1ccc2nc(C)cc(N)c2c1)c1ccc2nc(C)cc(N)c2c1.Cl.Cl. The first-order valence-corrected chi connectivity index (χ1v) is 13.6. The number of nitrogen functional groups attached to an aromatic ring is 2. The lowest BCUT2D eigenvalue weighted by Crippen LogP contribution is -2.55. The van der Waals surface area contributed by atoms with Gasteiger partial charge in [0.05, 0.1) is 11.0 Å². The van der Waals surface area contributed by atoms with Crippen molar-refractivity contribution < 1.29 is 9.59 Å². The predicted molar refractivity (Wildman–Crippen MR) is 173 cm³/mol. The molecule has 0 saturated heterocycles. The number of hydrogen-bond acceptors (Lipinski definition) is 6. The fourth-order valence-electron chi connectivity index (χ4n) is 5.30. The minimum atomic E-state index is -1.81. The van der Waals surface area contributed by atoms with E-state index in [4.69, 9.17) is 17.2 Å². The number of pyridine rings is 2. The first-order valence-electron chi connectivity index (χ1n) is 13.6. The van der Waals surface area contributed by atoms with Crippen LogP contribution in [0.1, 0.15) is 62.0 Å². The number of halogens is 2. The molecule has 0 unspecified atom stereocenters. The largest absolute Gasteiger partial charge is 0.398 e. The van der Waals surface area contributed by atoms with Crippen LogP contribution in [0.25, 0.3) is 21.8 Å². The molecular weight excluding hydrogens is 559 g/mol. The molecule has 0 aliphatic heterocycles. The van der Waals surface area contributed by atoms with E-state index in [0.29, 0.717) is 57.4 Å². The summed E-state index contributed by atoms with van der Waals surface area (Å²) in [6.07, 6.45) is 3.45. The Kier molecular flexibility index (Phi) is 11.3. The van der Waals surface area contributed by atoms with Gasteiger partial charge in [-0.05, 0) is 74.2 Å². The lowest BCUT2D eigenvalue weighted by Gasteiger charge is -2.36. The number of carbonyl (C=O) groups excluding carboxylic acids is 2. The number of aryl methyl sites for hydroxylation is 2. The molecule has 4 rings (SSSR count). The number of anilines is 2. The van der Waals surface area contributed by atoms with Gasteiger partial charge in [-0.15, -0.1) is 24.8 Å². The Morgan fingerprint density at radius 1 is 0.756 bits per heavy atom. The third-order valence-corrected chi connectivity index (χ3v) is 7.34. The minimum Gasteiger partial charge on any atom is -0.398 e. The van der Waals surface area contributed by atoms with E-state index < -0.39 is 11.3 Å². The highest BCUT2D eigenvalue weighted by Gasteiger charge is 2.50. The van der Waals surface area contributed by atoms with Crippen LogP contribution in [0.3, 0.4) is 0 Å². The van der Waals surface area contributed by atoms with Crippen molar-refractivity contribution >= 4 is 69.8 Å². The number of carbonyl (C=O) groups is 2. The van der Waals surface area contributed by atoms with Crippen molar-refractivity contribution in [3.63, 3.8) is 0 Å². The van der Waals surface area contributed by atoms with Crippen LogP contribution >= 0.6 is 24.8 Å². The van der Waals surface area contributed by atoms with E-state index in [1.807, 2.05) is 13.8 Å². The van der Waals surface area contributed by atoms with Crippen LogP contribution in [0.2, 0.25) is 0 Å². The van der Waals surface area contributed by atoms with Gasteiger partial charge in [-0.2, -0.15) is 0 Å². The summed E-state index contributed by atoms with van der Waals surface area (Å²) in [5.74, 6) is -1.12. The van der Waals surface area contributed by atoms with Crippen molar-refractivity contribution in [2.24, 2.45) is 5.73 Å². The molecule has 0 saturated carbocycles. The first-order chi connectivity index (χ1) is 18.6. The second-order valence-electron chi connectivity index (χ2n) is 10.3. The van der Waals surface area contributed by atoms with Crippen LogP contribution in [-0.4, -0.2) is 39.8 Å². The summed E-state index contributed by atoms with van der Waals surface area (Å²) in [5, 5.41) is 1.31. The molecule has 0 atom stereocenters. The summed E-state index contributed by atoms with van der Waals surface area (Å²) in [6, 6.07) is 14.2. The van der Waals surface area contributed by atoms with Gasteiger partial charge in [-0.25, -0.2) is 0 Å². The van der Waals surface area contributed by atoms with Crippen molar-refractivity contribution in [1.29, 1.82) is 0 Å². The van der Waals surface area contributed by atoms with E-state index in [-0.39, 0.29) is 30.7 Å². The van der Waals surface area contributed by atoms with Gasteiger partial charge in [0.2, 0.25) is 11.8 Å². The zero-order chi connectivity index (χ0) is 28.3. The Bertz CT molecular complexity index is 1460. The zero-order valence-corrected chi connectivity index (χ0v) is 25.7. The topological polar surface area (TPSA) is 141 Å². The average Bonchev–Trinajstić information content (AvgIpc) is 2.89. The molecule has 220 valence electrons. The summed E-state index contributed by atoms with van der Waals surface area (Å²) in [4.78, 5) is 39.4. The van der Waals surface area contributed by atoms with E-state index in [9.17, 15) is 9.59 Å². The van der Waals surface area contributed by atoms with Gasteiger partial charge in [0.25, 0.3) is 0 Å². The fourth-order valence-corrected chi connectivity index (χ4v) is 5.30. The Hall–Kier alpha value is -3.62. The number of nitrogens with two attached hydrogens (primary N) is 3. The van der Waals surface area contributed by atoms with Crippen LogP contribution < -0.4 is 17.2 Å². The van der Waals surface area contributed by atoms with Crippen LogP contribution in [0.4, 0.5) is 11.4 Å². The number of unbranched alkanes of at least 4 members (excludes halogenated alkanes) is 2. The maximum atomic E-state index is 14.7. The van der Waals surface area contributed by atoms with Crippen LogP contribution in [0.5, 0.6) is 0 Å². The number of nitrogens with zero attached hydrogens (tertiary/aromatic N) is 3. The van der Waals surface area contributed by atoms with Crippen LogP contribution in [0, 0.1) is 13.8 Å². The number of fused-ring (bicyclic) bond motifs is 2. The Morgan fingerprint density at radius 2 is 1.17 bits per heavy atom. The molecule has 6 N–H and O–H groups in total. The predicted octanol–water partition coefficient (Wildman–Crippen LogP) is 5.61. The normalized spacial score (nSPS) is 11.1. The van der Waals surface area contributed by atoms with E-state index in [2.05, 4.69) is 23.8 Å². The summed E-state index contributed by atoms with van der Waals surface area (Å²) >= 11 is 0. The molecule has 0 aliphatic rings. The highest BCUT2D eigenvalue weighted by Crippen LogP contribution is 2.39. The molecule has 0 radical (unpaired) electrons. The molecule has 2 aromatic carbocycles. The molecule has 10 heteroatoms. The van der Waals surface area contributed by atoms with Gasteiger partial charge in [0.15, 0.2) is 5.41 Å². The third kappa shape index (κ3) is 6.34. The first kappa shape index (κ1) is 33.6. The van der Waals surface area contributed by atoms with Crippen molar-refractivity contribution in [3.05, 3.63) is 71.0 Å². The minimum absolute atomic E-state index is 0. The lowest BCUT2D eigenvalue weighted by atomic mass is 9.71. The quantitative estimate of drug-likeness (QED) is 0.203. The number of amides is 2. The molecule has 2 heterocycles. The van der Waals surface area contributed by atoms with Gasteiger partial charge < -0.3 is 22.1 Å². The van der Waals surface area contributed by atoms with E-state index in [0.717, 1.165) is 37.1 Å². The number of hydrogen-bond donors (Lipinski definition) is 3. The van der Waals surface area contributed by atoms with Crippen molar-refractivity contribution in [2.75, 3.05) is 24.6 Å². The highest BCUT2D eigenvalue weighted by molar-refractivity contribution is 6.15. The van der Waals surface area contributed by atoms with Crippen LogP contribution in [0.15, 0.2) is 48.5 Å². The number of benzene rings is 2. The molecule has 4 aromatic rings. The maximum absolute atomic E-state index is 14.7. The molecule has 0 spiro atoms. The Labute approximate surface area is 253 Å². The van der Waals surface area contributed by atoms with Crippen molar-refractivity contribution in [1.82, 2.24) is 14.9 Å². The van der Waals surface area contributed by atoms with Gasteiger partial charge in [-0.1, -0.05) is 38.8 Å². The molecule has 2 amide bonds. The number of primary amides is 1. The standard InChI is InChI=1S/C31H38N6O2.2ClH/c1-5-7-13-37(14-8-6-2)30(39)31(29(34)38,21-9-11-27-23(17-21)25(32)15-19(3)35-27)22-10-12-28-24(18-22)26(33)16-20(4)36-28;;/h9-12,15-18H,5-8,13-14H2,1-4H3,(H2,32,35)(H2,33,36)(H2,34,38);2*1H. The molecule has 0 bridgehead atoms. The number of rotatable bonds is 10. The maximum Gasteiger partial charge on any atom is 0.247 e. The summed E-state index contributed by atoms with van der Waals surface area (Å²) < 4.78 is 0. The smallest absolute Gasteiger partial charge is 0.247 e. The molecule has 8 nitrogen and oxygen atoms in total. The molecule has 0 fully saturated rings. The Balaban J connectivity index is 0.00000294. The highest BCUT2D eigenvalue weighted by atomic mass is 35.5. The fraction of sp³-hybridized carbons (Fsp3) is 0.355. The van der Waals surface area contributed by atoms with Crippen molar-refractivity contribution in [2.45, 2.75) is 58.8 Å². The van der Waals surface area contributed by atoms with Crippen LogP contribution in [-0.2, 0) is 15.0 Å². The third-order valence-electron chi connectivity index (χ3n) is 7.34. The zero-order valence-electron chi connectivity index (χ0n) is 24.1. The van der Waals surface area contributed by atoms with Gasteiger partial charge in [0.1, 0.15) is 0 Å².